The van der Waals surface area contributed by atoms with E-state index in [0.29, 0.717) is 54.8 Å². The third-order valence-electron chi connectivity index (χ3n) is 10.8. The predicted octanol–water partition coefficient (Wildman–Crippen LogP) is 3.38. The summed E-state index contributed by atoms with van der Waals surface area (Å²) < 4.78 is 17.0. The standard InChI is InChI=1S/C35H43N5O7/c1-3-23-24-16-22(46-34(44)39-14-10-21(11-15-39)38-12-6-5-7-13-38)8-9-28(24)37-31-25(23)19-40-29(31)17-27-26(32(40)42)20-45-33(43)35(27,4-2)47-30(41)18-36/h8-9,16-17,21,26-27H,3-7,10-15,18-20,36H2,1-2H3. The monoisotopic (exact) mass is 645 g/mol. The molecular weight excluding hydrogens is 602 g/mol. The molecule has 250 valence electrons. The van der Waals surface area contributed by atoms with Gasteiger partial charge in [-0.2, -0.15) is 0 Å². The molecule has 7 rings (SSSR count). The zero-order valence-corrected chi connectivity index (χ0v) is 27.2. The van der Waals surface area contributed by atoms with Crippen molar-refractivity contribution in [3.8, 4) is 5.75 Å². The Balaban J connectivity index is 1.15. The van der Waals surface area contributed by atoms with Crippen molar-refractivity contribution in [2.45, 2.75) is 77.0 Å². The van der Waals surface area contributed by atoms with Crippen LogP contribution in [0, 0.1) is 11.8 Å². The van der Waals surface area contributed by atoms with Gasteiger partial charge in [-0.3, -0.25) is 9.59 Å². The van der Waals surface area contributed by atoms with E-state index >= 15 is 0 Å². The number of nitrogens with two attached hydrogens (primary N) is 1. The first-order valence-corrected chi connectivity index (χ1v) is 17.1. The van der Waals surface area contributed by atoms with E-state index in [1.165, 1.54) is 19.3 Å². The summed E-state index contributed by atoms with van der Waals surface area (Å²) in [7, 11) is 0. The van der Waals surface area contributed by atoms with Crippen LogP contribution in [0.5, 0.6) is 5.75 Å². The predicted molar refractivity (Wildman–Crippen MR) is 172 cm³/mol. The molecule has 0 spiro atoms. The minimum Gasteiger partial charge on any atom is -0.462 e. The number of carbonyl (C=O) groups is 4. The molecule has 0 aliphatic carbocycles. The molecule has 5 aliphatic heterocycles. The molecule has 3 saturated heterocycles. The lowest BCUT2D eigenvalue weighted by Crippen LogP contribution is -2.61. The lowest BCUT2D eigenvalue weighted by atomic mass is 9.72. The van der Waals surface area contributed by atoms with Crippen molar-refractivity contribution in [2.75, 3.05) is 39.3 Å². The van der Waals surface area contributed by atoms with Crippen LogP contribution in [0.4, 0.5) is 4.79 Å². The van der Waals surface area contributed by atoms with Crippen molar-refractivity contribution in [3.63, 3.8) is 0 Å². The van der Waals surface area contributed by atoms with Crippen LogP contribution in [0.15, 0.2) is 24.3 Å². The van der Waals surface area contributed by atoms with Gasteiger partial charge in [0, 0.05) is 36.0 Å². The zero-order chi connectivity index (χ0) is 32.9. The number of fused-ring (bicyclic) bond motifs is 5. The van der Waals surface area contributed by atoms with E-state index in [2.05, 4.69) is 4.90 Å². The number of aromatic nitrogens is 1. The molecule has 3 fully saturated rings. The molecule has 6 heterocycles. The number of aryl methyl sites for hydroxylation is 1. The highest BCUT2D eigenvalue weighted by atomic mass is 16.6. The van der Waals surface area contributed by atoms with Gasteiger partial charge in [-0.25, -0.2) is 14.6 Å². The molecule has 0 saturated carbocycles. The fraction of sp³-hybridized carbons (Fsp3) is 0.571. The minimum absolute atomic E-state index is 0.0957. The Morgan fingerprint density at radius 2 is 1.85 bits per heavy atom. The van der Waals surface area contributed by atoms with E-state index in [9.17, 15) is 19.2 Å². The number of pyridine rings is 1. The largest absolute Gasteiger partial charge is 0.462 e. The van der Waals surface area contributed by atoms with Crippen molar-refractivity contribution < 1.29 is 33.4 Å². The molecule has 1 aromatic carbocycles. The van der Waals surface area contributed by atoms with E-state index < -0.39 is 35.9 Å². The van der Waals surface area contributed by atoms with Crippen molar-refractivity contribution >= 4 is 40.5 Å². The normalized spacial score (nSPS) is 26.3. The van der Waals surface area contributed by atoms with E-state index in [0.717, 1.165) is 42.4 Å². The SMILES string of the molecule is CCc1c2c(nc3ccc(OC(=O)N4CCC(N5CCCCC5)CC4)cc13)C1=CC3C(COC(=O)C3(CC)OC(=O)CN)C(=O)N1C2. The maximum Gasteiger partial charge on any atom is 0.415 e. The highest BCUT2D eigenvalue weighted by Crippen LogP contribution is 2.48. The van der Waals surface area contributed by atoms with Crippen molar-refractivity contribution in [1.82, 2.24) is 19.7 Å². The molecule has 0 radical (unpaired) electrons. The second kappa shape index (κ2) is 12.5. The fourth-order valence-electron chi connectivity index (χ4n) is 8.30. The first kappa shape index (κ1) is 31.6. The maximum atomic E-state index is 13.9. The summed E-state index contributed by atoms with van der Waals surface area (Å²) in [5.74, 6) is -2.58. The Bertz CT molecular complexity index is 1640. The van der Waals surface area contributed by atoms with Crippen LogP contribution in [0.2, 0.25) is 0 Å². The van der Waals surface area contributed by atoms with E-state index in [-0.39, 0.29) is 25.0 Å². The summed E-state index contributed by atoms with van der Waals surface area (Å²) in [5, 5.41) is 0.865. The number of carbonyl (C=O) groups excluding carboxylic acids is 4. The van der Waals surface area contributed by atoms with Crippen molar-refractivity contribution in [1.29, 1.82) is 0 Å². The first-order chi connectivity index (χ1) is 22.8. The van der Waals surface area contributed by atoms with Gasteiger partial charge in [0.1, 0.15) is 12.4 Å². The Kier molecular flexibility index (Phi) is 8.42. The molecule has 5 aliphatic rings. The Morgan fingerprint density at radius 3 is 2.55 bits per heavy atom. The van der Waals surface area contributed by atoms with Crippen LogP contribution in [0.25, 0.3) is 16.6 Å². The van der Waals surface area contributed by atoms with E-state index in [4.69, 9.17) is 24.9 Å². The Morgan fingerprint density at radius 1 is 1.09 bits per heavy atom. The second-order valence-corrected chi connectivity index (χ2v) is 13.3. The third-order valence-corrected chi connectivity index (χ3v) is 10.8. The highest BCUT2D eigenvalue weighted by molar-refractivity contribution is 5.98. The molecule has 12 heteroatoms. The maximum absolute atomic E-state index is 13.9. The Hall–Kier alpha value is -4.03. The minimum atomic E-state index is -1.65. The van der Waals surface area contributed by atoms with E-state index in [1.54, 1.807) is 22.8 Å². The molecule has 2 N–H and O–H groups in total. The molecule has 47 heavy (non-hydrogen) atoms. The number of likely N-dealkylation sites (tertiary alicyclic amines) is 2. The third kappa shape index (κ3) is 5.35. The number of piperidine rings is 2. The van der Waals surface area contributed by atoms with Crippen molar-refractivity contribution in [2.24, 2.45) is 17.6 Å². The molecule has 0 bridgehead atoms. The smallest absolute Gasteiger partial charge is 0.415 e. The van der Waals surface area contributed by atoms with Crippen LogP contribution in [0.3, 0.4) is 0 Å². The fourth-order valence-corrected chi connectivity index (χ4v) is 8.30. The molecule has 1 aromatic heterocycles. The summed E-state index contributed by atoms with van der Waals surface area (Å²) in [5.41, 5.74) is 7.77. The van der Waals surface area contributed by atoms with Crippen LogP contribution in [-0.4, -0.2) is 94.6 Å². The van der Waals surface area contributed by atoms with E-state index in [1.807, 2.05) is 25.1 Å². The number of nitrogens with zero attached hydrogens (tertiary/aromatic N) is 4. The summed E-state index contributed by atoms with van der Waals surface area (Å²) in [6.07, 6.45) is 8.07. The average Bonchev–Trinajstić information content (AvgIpc) is 3.47. The van der Waals surface area contributed by atoms with Gasteiger partial charge in [-0.05, 0) is 81.5 Å². The van der Waals surface area contributed by atoms with Gasteiger partial charge in [0.25, 0.3) is 0 Å². The summed E-state index contributed by atoms with van der Waals surface area (Å²) >= 11 is 0. The lowest BCUT2D eigenvalue weighted by Gasteiger charge is -2.46. The number of hydrogen-bond acceptors (Lipinski definition) is 10. The van der Waals surface area contributed by atoms with Crippen LogP contribution in [-0.2, 0) is 36.8 Å². The highest BCUT2D eigenvalue weighted by Gasteiger charge is 2.60. The molecule has 3 atom stereocenters. The number of ether oxygens (including phenoxy) is 3. The van der Waals surface area contributed by atoms with Gasteiger partial charge in [-0.1, -0.05) is 20.3 Å². The van der Waals surface area contributed by atoms with Crippen molar-refractivity contribution in [3.05, 3.63) is 41.1 Å². The number of cyclic esters (lactones) is 1. The lowest BCUT2D eigenvalue weighted by molar-refractivity contribution is -0.204. The number of amides is 2. The van der Waals surface area contributed by atoms with Gasteiger partial charge in [-0.15, -0.1) is 0 Å². The molecule has 3 unspecified atom stereocenters. The summed E-state index contributed by atoms with van der Waals surface area (Å²) in [4.78, 5) is 63.7. The van der Waals surface area contributed by atoms with Gasteiger partial charge in [0.05, 0.1) is 35.9 Å². The summed E-state index contributed by atoms with van der Waals surface area (Å²) in [6, 6.07) is 6.01. The van der Waals surface area contributed by atoms with Crippen LogP contribution >= 0.6 is 0 Å². The second-order valence-electron chi connectivity index (χ2n) is 13.3. The van der Waals surface area contributed by atoms with Gasteiger partial charge < -0.3 is 34.6 Å². The number of benzene rings is 1. The molecule has 2 amide bonds. The zero-order valence-electron chi connectivity index (χ0n) is 27.2. The number of rotatable bonds is 6. The topological polar surface area (TPSA) is 145 Å². The summed E-state index contributed by atoms with van der Waals surface area (Å²) in [6.45, 7) is 7.30. The quantitative estimate of drug-likeness (QED) is 0.464. The molecule has 12 nitrogen and oxygen atoms in total. The molecule has 2 aromatic rings. The van der Waals surface area contributed by atoms with Gasteiger partial charge in [0.15, 0.2) is 0 Å². The van der Waals surface area contributed by atoms with Gasteiger partial charge >= 0.3 is 18.0 Å². The van der Waals surface area contributed by atoms with Crippen LogP contribution < -0.4 is 10.5 Å². The molecular formula is C35H43N5O7. The number of hydrogen-bond donors (Lipinski definition) is 1. The average molecular weight is 646 g/mol. The van der Waals surface area contributed by atoms with Gasteiger partial charge in [0.2, 0.25) is 11.5 Å². The first-order valence-electron chi connectivity index (χ1n) is 17.1. The Labute approximate surface area is 274 Å². The van der Waals surface area contributed by atoms with Crippen LogP contribution in [0.1, 0.15) is 69.2 Å². The number of esters is 2.